The molecule has 1 aliphatic heterocycles. The van der Waals surface area contributed by atoms with Crippen molar-refractivity contribution in [1.29, 1.82) is 0 Å². The summed E-state index contributed by atoms with van der Waals surface area (Å²) in [4.78, 5) is 4.71. The van der Waals surface area contributed by atoms with Gasteiger partial charge >= 0.3 is 0 Å². The molecular formula is C15H12ClN. The van der Waals surface area contributed by atoms with Crippen LogP contribution < -0.4 is 0 Å². The fourth-order valence-electron chi connectivity index (χ4n) is 2.18. The van der Waals surface area contributed by atoms with Gasteiger partial charge in [0.25, 0.3) is 0 Å². The molecule has 3 rings (SSSR count). The van der Waals surface area contributed by atoms with Gasteiger partial charge in [0.05, 0.1) is 11.4 Å². The first-order chi connectivity index (χ1) is 8.34. The normalized spacial score (nSPS) is 14.1. The molecule has 1 heterocycles. The Morgan fingerprint density at radius 2 is 1.65 bits per heavy atom. The van der Waals surface area contributed by atoms with Gasteiger partial charge in [0.1, 0.15) is 0 Å². The average molecular weight is 242 g/mol. The zero-order valence-electron chi connectivity index (χ0n) is 9.36. The molecule has 84 valence electrons. The molecule has 1 aliphatic rings. The Balaban J connectivity index is 2.08. The summed E-state index contributed by atoms with van der Waals surface area (Å²) in [5.41, 5.74) is 4.55. The minimum Gasteiger partial charge on any atom is -0.252 e. The van der Waals surface area contributed by atoms with Gasteiger partial charge in [0, 0.05) is 10.6 Å². The topological polar surface area (TPSA) is 12.4 Å². The molecule has 0 radical (unpaired) electrons. The number of aliphatic imine (C=N–C) groups is 1. The quantitative estimate of drug-likeness (QED) is 0.702. The van der Waals surface area contributed by atoms with Gasteiger partial charge in [0.2, 0.25) is 0 Å². The molecule has 2 heteroatoms. The third-order valence-corrected chi connectivity index (χ3v) is 3.39. The van der Waals surface area contributed by atoms with Gasteiger partial charge in [0.15, 0.2) is 0 Å². The lowest BCUT2D eigenvalue weighted by Gasteiger charge is -2.16. The van der Waals surface area contributed by atoms with Crippen LogP contribution in [0.15, 0.2) is 53.5 Å². The molecule has 0 saturated heterocycles. The fourth-order valence-corrected chi connectivity index (χ4v) is 2.42. The van der Waals surface area contributed by atoms with E-state index in [1.165, 1.54) is 5.56 Å². The second-order valence-electron chi connectivity index (χ2n) is 4.17. The van der Waals surface area contributed by atoms with Crippen LogP contribution in [0.25, 0.3) is 0 Å². The lowest BCUT2D eigenvalue weighted by Crippen LogP contribution is -2.07. The second-order valence-corrected chi connectivity index (χ2v) is 4.57. The van der Waals surface area contributed by atoms with Gasteiger partial charge in [-0.05, 0) is 30.5 Å². The molecule has 0 aliphatic carbocycles. The lowest BCUT2D eigenvalue weighted by molar-refractivity contribution is 1.01. The Morgan fingerprint density at radius 1 is 0.882 bits per heavy atom. The van der Waals surface area contributed by atoms with Crippen molar-refractivity contribution < 1.29 is 0 Å². The van der Waals surface area contributed by atoms with Crippen LogP contribution in [0.1, 0.15) is 17.5 Å². The summed E-state index contributed by atoms with van der Waals surface area (Å²) in [7, 11) is 0. The van der Waals surface area contributed by atoms with Crippen molar-refractivity contribution in [3.63, 3.8) is 0 Å². The van der Waals surface area contributed by atoms with Crippen molar-refractivity contribution in [2.24, 2.45) is 4.99 Å². The second kappa shape index (κ2) is 4.34. The van der Waals surface area contributed by atoms with E-state index in [1.807, 2.05) is 30.3 Å². The number of fused-ring (bicyclic) bond motifs is 1. The molecule has 0 N–H and O–H groups in total. The van der Waals surface area contributed by atoms with Crippen molar-refractivity contribution in [2.45, 2.75) is 12.8 Å². The van der Waals surface area contributed by atoms with Crippen molar-refractivity contribution in [3.8, 4) is 0 Å². The van der Waals surface area contributed by atoms with Crippen LogP contribution in [-0.2, 0) is 6.42 Å². The van der Waals surface area contributed by atoms with Crippen molar-refractivity contribution in [3.05, 3.63) is 64.7 Å². The zero-order chi connectivity index (χ0) is 11.7. The minimum atomic E-state index is 0.783. The monoisotopic (exact) mass is 241 g/mol. The highest BCUT2D eigenvalue weighted by Crippen LogP contribution is 2.29. The van der Waals surface area contributed by atoms with Crippen LogP contribution in [-0.4, -0.2) is 5.71 Å². The van der Waals surface area contributed by atoms with E-state index >= 15 is 0 Å². The summed E-state index contributed by atoms with van der Waals surface area (Å²) in [5.74, 6) is 0. The highest BCUT2D eigenvalue weighted by Gasteiger charge is 2.14. The van der Waals surface area contributed by atoms with Gasteiger partial charge in [-0.25, -0.2) is 0 Å². The van der Waals surface area contributed by atoms with Crippen molar-refractivity contribution >= 4 is 23.0 Å². The number of benzene rings is 2. The third kappa shape index (κ3) is 1.98. The number of hydrogen-bond acceptors (Lipinski definition) is 1. The van der Waals surface area contributed by atoms with Gasteiger partial charge in [-0.3, -0.25) is 4.99 Å². The number of aryl methyl sites for hydroxylation is 1. The molecule has 0 aromatic heterocycles. The predicted octanol–water partition coefficient (Wildman–Crippen LogP) is 4.41. The van der Waals surface area contributed by atoms with E-state index in [2.05, 4.69) is 18.2 Å². The molecule has 0 atom stereocenters. The highest BCUT2D eigenvalue weighted by atomic mass is 35.5. The number of nitrogens with zero attached hydrogens (tertiary/aromatic N) is 1. The van der Waals surface area contributed by atoms with Gasteiger partial charge in [-0.15, -0.1) is 0 Å². The van der Waals surface area contributed by atoms with E-state index in [9.17, 15) is 0 Å². The van der Waals surface area contributed by atoms with E-state index in [4.69, 9.17) is 16.6 Å². The maximum atomic E-state index is 6.20. The smallest absolute Gasteiger partial charge is 0.0665 e. The average Bonchev–Trinajstić information content (AvgIpc) is 2.39. The number of halogens is 1. The molecule has 17 heavy (non-hydrogen) atoms. The highest BCUT2D eigenvalue weighted by molar-refractivity contribution is 6.34. The van der Waals surface area contributed by atoms with E-state index in [0.717, 1.165) is 34.8 Å². The SMILES string of the molecule is Clc1ccccc1C1=Nc2ccccc2CC1. The van der Waals surface area contributed by atoms with Crippen LogP contribution in [0.2, 0.25) is 5.02 Å². The molecule has 0 saturated carbocycles. The first kappa shape index (κ1) is 10.5. The number of para-hydroxylation sites is 1. The van der Waals surface area contributed by atoms with Crippen LogP contribution >= 0.6 is 11.6 Å². The molecule has 1 nitrogen and oxygen atoms in total. The van der Waals surface area contributed by atoms with Gasteiger partial charge in [-0.1, -0.05) is 48.0 Å². The Bertz CT molecular complexity index is 587. The first-order valence-corrected chi connectivity index (χ1v) is 6.13. The molecule has 0 fully saturated rings. The fraction of sp³-hybridized carbons (Fsp3) is 0.133. The summed E-state index contributed by atoms with van der Waals surface area (Å²) in [6, 6.07) is 16.2. The largest absolute Gasteiger partial charge is 0.252 e. The molecule has 0 bridgehead atoms. The van der Waals surface area contributed by atoms with E-state index in [0.29, 0.717) is 0 Å². The van der Waals surface area contributed by atoms with Crippen LogP contribution in [0, 0.1) is 0 Å². The Morgan fingerprint density at radius 3 is 2.53 bits per heavy atom. The minimum absolute atomic E-state index is 0.783. The number of hydrogen-bond donors (Lipinski definition) is 0. The van der Waals surface area contributed by atoms with Gasteiger partial charge in [-0.2, -0.15) is 0 Å². The maximum Gasteiger partial charge on any atom is 0.0665 e. The van der Waals surface area contributed by atoms with E-state index in [1.54, 1.807) is 0 Å². The summed E-state index contributed by atoms with van der Waals surface area (Å²) < 4.78 is 0. The predicted molar refractivity (Wildman–Crippen MR) is 72.4 cm³/mol. The molecule has 0 amide bonds. The van der Waals surface area contributed by atoms with Crippen LogP contribution in [0.5, 0.6) is 0 Å². The summed E-state index contributed by atoms with van der Waals surface area (Å²) >= 11 is 6.20. The molecule has 2 aromatic rings. The standard InChI is InChI=1S/C15H12ClN/c16-13-7-3-2-6-12(13)15-10-9-11-5-1-4-8-14(11)17-15/h1-8H,9-10H2. The maximum absolute atomic E-state index is 6.20. The Hall–Kier alpha value is -1.60. The van der Waals surface area contributed by atoms with Crippen molar-refractivity contribution in [1.82, 2.24) is 0 Å². The summed E-state index contributed by atoms with van der Waals surface area (Å²) in [6.45, 7) is 0. The molecule has 0 unspecified atom stereocenters. The van der Waals surface area contributed by atoms with Gasteiger partial charge < -0.3 is 0 Å². The van der Waals surface area contributed by atoms with E-state index in [-0.39, 0.29) is 0 Å². The van der Waals surface area contributed by atoms with Crippen LogP contribution in [0.4, 0.5) is 5.69 Å². The Labute approximate surface area is 106 Å². The van der Waals surface area contributed by atoms with Crippen molar-refractivity contribution in [2.75, 3.05) is 0 Å². The summed E-state index contributed by atoms with van der Waals surface area (Å²) in [5, 5.41) is 0.783. The Kier molecular flexibility index (Phi) is 2.69. The molecule has 0 spiro atoms. The summed E-state index contributed by atoms with van der Waals surface area (Å²) in [6.07, 6.45) is 2.00. The third-order valence-electron chi connectivity index (χ3n) is 3.06. The van der Waals surface area contributed by atoms with Crippen LogP contribution in [0.3, 0.4) is 0 Å². The molecule has 2 aromatic carbocycles. The lowest BCUT2D eigenvalue weighted by atomic mass is 9.97. The number of rotatable bonds is 1. The molecular weight excluding hydrogens is 230 g/mol. The first-order valence-electron chi connectivity index (χ1n) is 5.75. The zero-order valence-corrected chi connectivity index (χ0v) is 10.1. The van der Waals surface area contributed by atoms with E-state index < -0.39 is 0 Å².